The van der Waals surface area contributed by atoms with Gasteiger partial charge in [0.1, 0.15) is 11.8 Å². The van der Waals surface area contributed by atoms with E-state index >= 15 is 0 Å². The molecule has 0 radical (unpaired) electrons. The molecule has 2 rings (SSSR count). The summed E-state index contributed by atoms with van der Waals surface area (Å²) in [6.45, 7) is 5.39. The predicted octanol–water partition coefficient (Wildman–Crippen LogP) is 2.63. The molecule has 0 aliphatic rings. The van der Waals surface area contributed by atoms with Gasteiger partial charge in [-0.25, -0.2) is 0 Å². The summed E-state index contributed by atoms with van der Waals surface area (Å²) in [6.07, 6.45) is -4.60. The molecule has 4 N–H and O–H groups in total. The molecule has 0 saturated heterocycles. The van der Waals surface area contributed by atoms with E-state index in [9.17, 15) is 27.6 Å². The minimum Gasteiger partial charge on any atom is -0.497 e. The van der Waals surface area contributed by atoms with Crippen LogP contribution >= 0.6 is 0 Å². The molecule has 2 aromatic rings. The van der Waals surface area contributed by atoms with E-state index in [1.807, 2.05) is 12.1 Å². The molecule has 0 fully saturated rings. The molecule has 0 spiro atoms. The van der Waals surface area contributed by atoms with Crippen molar-refractivity contribution < 1.29 is 32.3 Å². The number of hydrogen-bond acceptors (Lipinski definition) is 5. The van der Waals surface area contributed by atoms with Crippen molar-refractivity contribution in [3.05, 3.63) is 65.2 Å². The van der Waals surface area contributed by atoms with Gasteiger partial charge in [-0.2, -0.15) is 13.2 Å². The maximum atomic E-state index is 12.9. The summed E-state index contributed by atoms with van der Waals surface area (Å²) in [5, 5.41) is 10.7. The number of benzene rings is 2. The van der Waals surface area contributed by atoms with Gasteiger partial charge in [0.05, 0.1) is 19.2 Å². The van der Waals surface area contributed by atoms with Crippen molar-refractivity contribution in [2.24, 2.45) is 0 Å². The van der Waals surface area contributed by atoms with Gasteiger partial charge < -0.3 is 26.0 Å². The topological polar surface area (TPSA) is 109 Å². The molecular weight excluding hydrogens is 477 g/mol. The number of nitrogens with one attached hydrogen (secondary N) is 4. The highest BCUT2D eigenvalue weighted by atomic mass is 19.4. The van der Waals surface area contributed by atoms with Gasteiger partial charge in [0.25, 0.3) is 5.91 Å². The van der Waals surface area contributed by atoms with Gasteiger partial charge in [0, 0.05) is 24.2 Å². The molecule has 0 aromatic heterocycles. The third kappa shape index (κ3) is 9.57. The Labute approximate surface area is 208 Å². The average Bonchev–Trinajstić information content (AvgIpc) is 2.80. The second-order valence-electron chi connectivity index (χ2n) is 9.10. The van der Waals surface area contributed by atoms with Crippen LogP contribution in [-0.4, -0.2) is 49.5 Å². The normalized spacial score (nSPS) is 12.4. The number of halogens is 3. The van der Waals surface area contributed by atoms with Gasteiger partial charge in [-0.1, -0.05) is 18.2 Å². The Kier molecular flexibility index (Phi) is 9.85. The summed E-state index contributed by atoms with van der Waals surface area (Å²) in [5.41, 5.74) is -0.818. The highest BCUT2D eigenvalue weighted by Gasteiger charge is 2.31. The van der Waals surface area contributed by atoms with Crippen molar-refractivity contribution in [2.75, 3.05) is 20.2 Å². The molecule has 8 nitrogen and oxygen atoms in total. The van der Waals surface area contributed by atoms with Crippen LogP contribution in [0.15, 0.2) is 48.5 Å². The fourth-order valence-electron chi connectivity index (χ4n) is 3.11. The molecule has 0 unspecified atom stereocenters. The summed E-state index contributed by atoms with van der Waals surface area (Å²) in [6, 6.07) is 10.2. The second-order valence-corrected chi connectivity index (χ2v) is 9.10. The number of rotatable bonds is 10. The van der Waals surface area contributed by atoms with E-state index in [1.54, 1.807) is 40.0 Å². The summed E-state index contributed by atoms with van der Waals surface area (Å²) in [4.78, 5) is 37.4. The van der Waals surface area contributed by atoms with Gasteiger partial charge in [-0.05, 0) is 56.7 Å². The fraction of sp³-hybridized carbons (Fsp3) is 0.400. The van der Waals surface area contributed by atoms with Crippen molar-refractivity contribution in [1.82, 2.24) is 21.3 Å². The molecule has 3 amide bonds. The largest absolute Gasteiger partial charge is 0.497 e. The number of ether oxygens (including phenoxy) is 1. The molecule has 36 heavy (non-hydrogen) atoms. The van der Waals surface area contributed by atoms with Crippen LogP contribution in [0.2, 0.25) is 0 Å². The lowest BCUT2D eigenvalue weighted by atomic mass is 10.1. The maximum absolute atomic E-state index is 12.9. The Morgan fingerprint density at radius 1 is 1.00 bits per heavy atom. The molecule has 1 atom stereocenters. The molecule has 0 aliphatic carbocycles. The molecule has 0 aliphatic heterocycles. The Hall–Kier alpha value is -3.60. The van der Waals surface area contributed by atoms with E-state index in [0.717, 1.165) is 17.7 Å². The highest BCUT2D eigenvalue weighted by Crippen LogP contribution is 2.29. The third-order valence-electron chi connectivity index (χ3n) is 4.85. The fourth-order valence-corrected chi connectivity index (χ4v) is 3.11. The standard InChI is InChI=1S/C25H31F3N4O4/c1-24(2,3)32-23(35)20(14-29-13-16-8-10-19(36-4)11-9-16)31-21(33)15-30-22(34)17-6-5-7-18(12-17)25(26,27)28/h5-12,20,29H,13-15H2,1-4H3,(H,30,34)(H,31,33)(H,32,35)/t20-/m0/s1. The van der Waals surface area contributed by atoms with Crippen LogP contribution in [-0.2, 0) is 22.3 Å². The van der Waals surface area contributed by atoms with E-state index in [1.165, 1.54) is 6.07 Å². The Morgan fingerprint density at radius 2 is 1.67 bits per heavy atom. The third-order valence-corrected chi connectivity index (χ3v) is 4.85. The van der Waals surface area contributed by atoms with Gasteiger partial charge in [0.15, 0.2) is 0 Å². The first-order valence-corrected chi connectivity index (χ1v) is 11.2. The Bertz CT molecular complexity index is 1050. The average molecular weight is 509 g/mol. The molecule has 0 bridgehead atoms. The van der Waals surface area contributed by atoms with Crippen molar-refractivity contribution in [3.63, 3.8) is 0 Å². The quantitative estimate of drug-likeness (QED) is 0.395. The first kappa shape index (κ1) is 28.6. The molecular formula is C25H31F3N4O4. The lowest BCUT2D eigenvalue weighted by Crippen LogP contribution is -2.56. The lowest BCUT2D eigenvalue weighted by molar-refractivity contribution is -0.137. The van der Waals surface area contributed by atoms with Gasteiger partial charge in [-0.15, -0.1) is 0 Å². The monoisotopic (exact) mass is 508 g/mol. The zero-order valence-corrected chi connectivity index (χ0v) is 20.6. The first-order chi connectivity index (χ1) is 16.8. The van der Waals surface area contributed by atoms with Gasteiger partial charge in [0.2, 0.25) is 11.8 Å². The van der Waals surface area contributed by atoms with E-state index in [2.05, 4.69) is 21.3 Å². The van der Waals surface area contributed by atoms with Crippen molar-refractivity contribution in [3.8, 4) is 5.75 Å². The van der Waals surface area contributed by atoms with Crippen LogP contribution in [0.1, 0.15) is 42.3 Å². The first-order valence-electron chi connectivity index (χ1n) is 11.2. The minimum absolute atomic E-state index is 0.0985. The summed E-state index contributed by atoms with van der Waals surface area (Å²) in [7, 11) is 1.57. The van der Waals surface area contributed by atoms with E-state index in [-0.39, 0.29) is 12.1 Å². The molecule has 196 valence electrons. The zero-order chi connectivity index (χ0) is 26.9. The number of methoxy groups -OCH3 is 1. The molecule has 11 heteroatoms. The van der Waals surface area contributed by atoms with Crippen LogP contribution in [0.25, 0.3) is 0 Å². The van der Waals surface area contributed by atoms with Crippen LogP contribution < -0.4 is 26.0 Å². The number of carbonyl (C=O) groups excluding carboxylic acids is 3. The van der Waals surface area contributed by atoms with Gasteiger partial charge >= 0.3 is 6.18 Å². The van der Waals surface area contributed by atoms with E-state index in [4.69, 9.17) is 4.74 Å². The van der Waals surface area contributed by atoms with Crippen LogP contribution in [0.3, 0.4) is 0 Å². The Morgan fingerprint density at radius 3 is 2.25 bits per heavy atom. The van der Waals surface area contributed by atoms with Crippen LogP contribution in [0, 0.1) is 0 Å². The minimum atomic E-state index is -4.60. The Balaban J connectivity index is 1.97. The number of carbonyl (C=O) groups is 3. The predicted molar refractivity (Wildman–Crippen MR) is 128 cm³/mol. The summed E-state index contributed by atoms with van der Waals surface area (Å²) < 4.78 is 43.8. The van der Waals surface area contributed by atoms with Crippen molar-refractivity contribution >= 4 is 17.7 Å². The molecule has 0 saturated carbocycles. The number of alkyl halides is 3. The summed E-state index contributed by atoms with van der Waals surface area (Å²) in [5.74, 6) is -1.23. The van der Waals surface area contributed by atoms with E-state index < -0.39 is 47.6 Å². The van der Waals surface area contributed by atoms with Crippen LogP contribution in [0.5, 0.6) is 5.75 Å². The number of hydrogen-bond donors (Lipinski definition) is 4. The van der Waals surface area contributed by atoms with E-state index in [0.29, 0.717) is 18.4 Å². The molecule has 2 aromatic carbocycles. The highest BCUT2D eigenvalue weighted by molar-refractivity contribution is 5.97. The molecule has 0 heterocycles. The SMILES string of the molecule is COc1ccc(CNC[C@H](NC(=O)CNC(=O)c2cccc(C(F)(F)F)c2)C(=O)NC(C)(C)C)cc1. The number of amides is 3. The maximum Gasteiger partial charge on any atom is 0.416 e. The van der Waals surface area contributed by atoms with Gasteiger partial charge in [-0.3, -0.25) is 14.4 Å². The smallest absolute Gasteiger partial charge is 0.416 e. The lowest BCUT2D eigenvalue weighted by Gasteiger charge is -2.26. The zero-order valence-electron chi connectivity index (χ0n) is 20.6. The van der Waals surface area contributed by atoms with Crippen molar-refractivity contribution in [2.45, 2.75) is 45.1 Å². The second kappa shape index (κ2) is 12.4. The summed E-state index contributed by atoms with van der Waals surface area (Å²) >= 11 is 0. The van der Waals surface area contributed by atoms with Crippen molar-refractivity contribution in [1.29, 1.82) is 0 Å². The van der Waals surface area contributed by atoms with Crippen LogP contribution in [0.4, 0.5) is 13.2 Å².